The molecule has 0 N–H and O–H groups in total. The van der Waals surface area contributed by atoms with Crippen LogP contribution in [-0.4, -0.2) is 24.3 Å². The van der Waals surface area contributed by atoms with Crippen molar-refractivity contribution < 1.29 is 28.1 Å². The molecule has 0 rings (SSSR count). The molecule has 0 aliphatic carbocycles. The van der Waals surface area contributed by atoms with Crippen LogP contribution in [0.4, 0.5) is 8.78 Å². The predicted molar refractivity (Wildman–Crippen MR) is 61.0 cm³/mol. The molecule has 0 radical (unpaired) electrons. The molecule has 0 spiro atoms. The first kappa shape index (κ1) is 16.8. The van der Waals surface area contributed by atoms with Crippen molar-refractivity contribution in [3.63, 3.8) is 0 Å². The summed E-state index contributed by atoms with van der Waals surface area (Å²) >= 11 is 0. The summed E-state index contributed by atoms with van der Waals surface area (Å²) in [5.74, 6) is -2.58. The lowest BCUT2D eigenvalue weighted by atomic mass is 10.2. The Labute approximate surface area is 106 Å². The molecule has 0 saturated carbocycles. The van der Waals surface area contributed by atoms with Gasteiger partial charge < -0.3 is 0 Å². The van der Waals surface area contributed by atoms with Gasteiger partial charge in [0.15, 0.2) is 0 Å². The third kappa shape index (κ3) is 7.19. The van der Waals surface area contributed by atoms with Gasteiger partial charge in [-0.2, -0.15) is 0 Å². The fourth-order valence-electron chi connectivity index (χ4n) is 1.19. The van der Waals surface area contributed by atoms with Gasteiger partial charge in [0, 0.05) is 0 Å². The van der Waals surface area contributed by atoms with Crippen LogP contribution in [0.25, 0.3) is 0 Å². The van der Waals surface area contributed by atoms with Crippen LogP contribution in [-0.2, 0) is 19.4 Å². The Kier molecular flexibility index (Phi) is 9.14. The lowest BCUT2D eigenvalue weighted by Gasteiger charge is -2.08. The first-order valence-electron chi connectivity index (χ1n) is 6.23. The van der Waals surface area contributed by atoms with Gasteiger partial charge in [-0.1, -0.05) is 39.5 Å². The molecule has 0 aromatic rings. The number of hydrogen-bond acceptors (Lipinski definition) is 4. The molecule has 0 fully saturated rings. The van der Waals surface area contributed by atoms with Crippen molar-refractivity contribution in [3.05, 3.63) is 0 Å². The third-order valence-corrected chi connectivity index (χ3v) is 2.34. The number of carbonyl (C=O) groups excluding carboxylic acids is 2. The van der Waals surface area contributed by atoms with Gasteiger partial charge in [-0.15, -0.1) is 0 Å². The van der Waals surface area contributed by atoms with Crippen LogP contribution in [0.3, 0.4) is 0 Å². The van der Waals surface area contributed by atoms with E-state index in [0.717, 1.165) is 12.8 Å². The van der Waals surface area contributed by atoms with Crippen molar-refractivity contribution in [1.82, 2.24) is 0 Å². The Balaban J connectivity index is 3.86. The fraction of sp³-hybridized carbons (Fsp3) is 0.833. The summed E-state index contributed by atoms with van der Waals surface area (Å²) in [5, 5.41) is 0. The normalized spacial score (nSPS) is 13.8. The van der Waals surface area contributed by atoms with E-state index in [9.17, 15) is 18.4 Å². The highest BCUT2D eigenvalue weighted by molar-refractivity contribution is 5.77. The second-order valence-electron chi connectivity index (χ2n) is 4.02. The number of rotatable bonds is 8. The summed E-state index contributed by atoms with van der Waals surface area (Å²) in [5.41, 5.74) is 0. The van der Waals surface area contributed by atoms with Crippen LogP contribution in [0, 0.1) is 0 Å². The van der Waals surface area contributed by atoms with E-state index in [1.807, 2.05) is 13.8 Å². The van der Waals surface area contributed by atoms with Gasteiger partial charge in [-0.25, -0.2) is 28.1 Å². The lowest BCUT2D eigenvalue weighted by Crippen LogP contribution is -2.25. The van der Waals surface area contributed by atoms with Crippen LogP contribution < -0.4 is 0 Å². The van der Waals surface area contributed by atoms with E-state index in [4.69, 9.17) is 0 Å². The highest BCUT2D eigenvalue weighted by Crippen LogP contribution is 2.09. The zero-order chi connectivity index (χ0) is 14.0. The van der Waals surface area contributed by atoms with Crippen molar-refractivity contribution in [2.45, 2.75) is 64.7 Å². The minimum Gasteiger partial charge on any atom is -0.244 e. The summed E-state index contributed by atoms with van der Waals surface area (Å²) in [6.45, 7) is 3.69. The third-order valence-electron chi connectivity index (χ3n) is 2.34. The van der Waals surface area contributed by atoms with Gasteiger partial charge >= 0.3 is 11.9 Å². The molecule has 4 nitrogen and oxygen atoms in total. The van der Waals surface area contributed by atoms with Crippen molar-refractivity contribution in [2.24, 2.45) is 0 Å². The van der Waals surface area contributed by atoms with E-state index in [0.29, 0.717) is 12.8 Å². The molecule has 0 aliphatic rings. The zero-order valence-corrected chi connectivity index (χ0v) is 10.8. The second kappa shape index (κ2) is 9.79. The fourth-order valence-corrected chi connectivity index (χ4v) is 1.19. The smallest absolute Gasteiger partial charge is 0.244 e. The maximum Gasteiger partial charge on any atom is 0.389 e. The predicted octanol–water partition coefficient (Wildman–Crippen LogP) is 3.04. The largest absolute Gasteiger partial charge is 0.389 e. The molecular weight excluding hydrogens is 246 g/mol. The number of alkyl halides is 2. The topological polar surface area (TPSA) is 52.6 Å². The molecule has 0 saturated heterocycles. The van der Waals surface area contributed by atoms with E-state index in [2.05, 4.69) is 9.78 Å². The minimum atomic E-state index is -1.84. The monoisotopic (exact) mass is 266 g/mol. The average molecular weight is 266 g/mol. The second-order valence-corrected chi connectivity index (χ2v) is 4.02. The van der Waals surface area contributed by atoms with E-state index in [-0.39, 0.29) is 12.8 Å². The first-order valence-corrected chi connectivity index (χ1v) is 6.23. The molecule has 2 unspecified atom stereocenters. The summed E-state index contributed by atoms with van der Waals surface area (Å²) in [6, 6.07) is 0. The molecule has 0 amide bonds. The van der Waals surface area contributed by atoms with Gasteiger partial charge in [0.05, 0.1) is 0 Å². The Morgan fingerprint density at radius 3 is 1.50 bits per heavy atom. The standard InChI is InChI=1S/C12H20F2O4/c1-3-5-7-9(13)11(15)17-18-12(16)10(14)8-6-4-2/h9-10H,3-8H2,1-2H3. The van der Waals surface area contributed by atoms with Crippen molar-refractivity contribution in [1.29, 1.82) is 0 Å². The van der Waals surface area contributed by atoms with E-state index < -0.39 is 24.3 Å². The lowest BCUT2D eigenvalue weighted by molar-refractivity contribution is -0.266. The Hall–Kier alpha value is -1.20. The van der Waals surface area contributed by atoms with E-state index >= 15 is 0 Å². The number of unbranched alkanes of at least 4 members (excludes halogenated alkanes) is 2. The highest BCUT2D eigenvalue weighted by atomic mass is 19.1. The molecule has 0 aromatic heterocycles. The van der Waals surface area contributed by atoms with Gasteiger partial charge in [0.2, 0.25) is 12.3 Å². The van der Waals surface area contributed by atoms with Gasteiger partial charge in [0.1, 0.15) is 0 Å². The molecule has 6 heteroatoms. The van der Waals surface area contributed by atoms with Crippen molar-refractivity contribution in [3.8, 4) is 0 Å². The number of hydrogen-bond donors (Lipinski definition) is 0. The molecule has 0 bridgehead atoms. The van der Waals surface area contributed by atoms with Crippen LogP contribution in [0.15, 0.2) is 0 Å². The SMILES string of the molecule is CCCCC(F)C(=O)OOC(=O)C(F)CCCC. The first-order chi connectivity index (χ1) is 8.52. The maximum absolute atomic E-state index is 13.1. The van der Waals surface area contributed by atoms with Gasteiger partial charge in [-0.05, 0) is 12.8 Å². The van der Waals surface area contributed by atoms with E-state index in [1.54, 1.807) is 0 Å². The zero-order valence-electron chi connectivity index (χ0n) is 10.8. The van der Waals surface area contributed by atoms with E-state index in [1.165, 1.54) is 0 Å². The quantitative estimate of drug-likeness (QED) is 0.500. The van der Waals surface area contributed by atoms with Crippen LogP contribution in [0.2, 0.25) is 0 Å². The van der Waals surface area contributed by atoms with Crippen LogP contribution in [0.5, 0.6) is 0 Å². The summed E-state index contributed by atoms with van der Waals surface area (Å²) in [6.07, 6.45) is -1.17. The average Bonchev–Trinajstić information content (AvgIpc) is 2.38. The molecular formula is C12H20F2O4. The minimum absolute atomic E-state index is 0.00176. The van der Waals surface area contributed by atoms with Gasteiger partial charge in [-0.3, -0.25) is 0 Å². The maximum atomic E-state index is 13.1. The molecule has 0 aliphatic heterocycles. The molecule has 2 atom stereocenters. The van der Waals surface area contributed by atoms with Crippen molar-refractivity contribution in [2.75, 3.05) is 0 Å². The number of carbonyl (C=O) groups is 2. The van der Waals surface area contributed by atoms with Crippen LogP contribution >= 0.6 is 0 Å². The summed E-state index contributed by atoms with van der Waals surface area (Å²) < 4.78 is 26.2. The van der Waals surface area contributed by atoms with Gasteiger partial charge in [0.25, 0.3) is 0 Å². The Bertz CT molecular complexity index is 232. The Morgan fingerprint density at radius 2 is 1.22 bits per heavy atom. The summed E-state index contributed by atoms with van der Waals surface area (Å²) in [7, 11) is 0. The molecule has 18 heavy (non-hydrogen) atoms. The summed E-state index contributed by atoms with van der Waals surface area (Å²) in [4.78, 5) is 29.9. The molecule has 0 heterocycles. The van der Waals surface area contributed by atoms with Crippen molar-refractivity contribution >= 4 is 11.9 Å². The highest BCUT2D eigenvalue weighted by Gasteiger charge is 2.25. The van der Waals surface area contributed by atoms with Crippen LogP contribution in [0.1, 0.15) is 52.4 Å². The number of halogens is 2. The Morgan fingerprint density at radius 1 is 0.889 bits per heavy atom. The molecule has 0 aromatic carbocycles. The molecule has 106 valence electrons.